The minimum atomic E-state index is -0.710. The van der Waals surface area contributed by atoms with Crippen LogP contribution in [0.25, 0.3) is 0 Å². The first kappa shape index (κ1) is 13.3. The fourth-order valence-corrected chi connectivity index (χ4v) is 4.93. The zero-order valence-corrected chi connectivity index (χ0v) is 12.4. The van der Waals surface area contributed by atoms with Crippen molar-refractivity contribution in [1.29, 1.82) is 0 Å². The molecule has 0 aromatic carbocycles. The Balaban J connectivity index is 1.65. The van der Waals surface area contributed by atoms with Gasteiger partial charge >= 0.3 is 5.97 Å². The van der Waals surface area contributed by atoms with Crippen LogP contribution in [-0.4, -0.2) is 38.1 Å². The van der Waals surface area contributed by atoms with E-state index >= 15 is 0 Å². The normalized spacial score (nSPS) is 30.7. The Morgan fingerprint density at radius 3 is 2.84 bits per heavy atom. The summed E-state index contributed by atoms with van der Waals surface area (Å²) in [6.07, 6.45) is 4.55. The molecule has 2 fully saturated rings. The number of thioether (sulfide) groups is 1. The maximum atomic E-state index is 11.6. The van der Waals surface area contributed by atoms with Crippen LogP contribution >= 0.6 is 23.1 Å². The number of carboxylic acids is 1. The molecule has 2 atom stereocenters. The fraction of sp³-hybridized carbons (Fsp3) is 0.750. The van der Waals surface area contributed by atoms with Gasteiger partial charge in [0.2, 0.25) is 0 Å². The molecule has 0 amide bonds. The van der Waals surface area contributed by atoms with Gasteiger partial charge in [0.15, 0.2) is 4.34 Å². The van der Waals surface area contributed by atoms with E-state index in [1.807, 2.05) is 6.92 Å². The van der Waals surface area contributed by atoms with Crippen LogP contribution in [-0.2, 0) is 4.79 Å². The molecule has 2 unspecified atom stereocenters. The molecule has 1 aromatic heterocycles. The van der Waals surface area contributed by atoms with E-state index in [0.717, 1.165) is 28.6 Å². The maximum Gasteiger partial charge on any atom is 0.323 e. The van der Waals surface area contributed by atoms with Gasteiger partial charge in [0, 0.05) is 11.3 Å². The Labute approximate surface area is 120 Å². The van der Waals surface area contributed by atoms with Crippen molar-refractivity contribution in [2.75, 3.05) is 0 Å². The molecule has 7 heteroatoms. The molecule has 19 heavy (non-hydrogen) atoms. The van der Waals surface area contributed by atoms with Crippen molar-refractivity contribution >= 4 is 29.1 Å². The first-order chi connectivity index (χ1) is 9.07. The summed E-state index contributed by atoms with van der Waals surface area (Å²) in [5.41, 5.74) is -0.710. The Bertz CT molecular complexity index is 489. The molecule has 1 heterocycles. The minimum absolute atomic E-state index is 0.328. The average Bonchev–Trinajstić information content (AvgIpc) is 2.92. The Morgan fingerprint density at radius 1 is 1.47 bits per heavy atom. The number of carboxylic acid groups (broad SMARTS) is 1. The van der Waals surface area contributed by atoms with Gasteiger partial charge in [-0.15, -0.1) is 10.2 Å². The third-order valence-corrected chi connectivity index (χ3v) is 5.90. The van der Waals surface area contributed by atoms with E-state index in [1.165, 1.54) is 0 Å². The molecule has 0 radical (unpaired) electrons. The second kappa shape index (κ2) is 5.03. The molecule has 2 aliphatic carbocycles. The SMILES string of the molecule is Cc1nnc(SC2CCC(NC3CC3)(C(=O)O)C2)s1. The average molecular weight is 299 g/mol. The van der Waals surface area contributed by atoms with Crippen molar-refractivity contribution in [3.05, 3.63) is 5.01 Å². The Kier molecular flexibility index (Phi) is 3.53. The van der Waals surface area contributed by atoms with Gasteiger partial charge in [-0.2, -0.15) is 0 Å². The lowest BCUT2D eigenvalue weighted by atomic mass is 9.98. The van der Waals surface area contributed by atoms with Crippen molar-refractivity contribution in [1.82, 2.24) is 15.5 Å². The molecule has 0 aliphatic heterocycles. The summed E-state index contributed by atoms with van der Waals surface area (Å²) in [4.78, 5) is 11.6. The molecular weight excluding hydrogens is 282 g/mol. The minimum Gasteiger partial charge on any atom is -0.480 e. The molecule has 104 valence electrons. The van der Waals surface area contributed by atoms with Crippen molar-refractivity contribution in [3.8, 4) is 0 Å². The summed E-state index contributed by atoms with van der Waals surface area (Å²) in [6.45, 7) is 1.94. The third-order valence-electron chi connectivity index (χ3n) is 3.71. The first-order valence-corrected chi connectivity index (χ1v) is 8.25. The van der Waals surface area contributed by atoms with Crippen LogP contribution < -0.4 is 5.32 Å². The largest absolute Gasteiger partial charge is 0.480 e. The van der Waals surface area contributed by atoms with Gasteiger partial charge in [-0.25, -0.2) is 0 Å². The number of hydrogen-bond donors (Lipinski definition) is 2. The molecule has 2 aliphatic rings. The zero-order valence-electron chi connectivity index (χ0n) is 10.8. The van der Waals surface area contributed by atoms with Crippen LogP contribution in [0.3, 0.4) is 0 Å². The number of aliphatic carboxylic acids is 1. The number of hydrogen-bond acceptors (Lipinski definition) is 6. The Hall–Kier alpha value is -0.660. The molecular formula is C12H17N3O2S2. The van der Waals surface area contributed by atoms with Crippen molar-refractivity contribution in [2.45, 2.75) is 60.2 Å². The van der Waals surface area contributed by atoms with Gasteiger partial charge in [0.05, 0.1) is 0 Å². The van der Waals surface area contributed by atoms with Crippen molar-refractivity contribution < 1.29 is 9.90 Å². The zero-order chi connectivity index (χ0) is 13.5. The van der Waals surface area contributed by atoms with Crippen LogP contribution in [0, 0.1) is 6.92 Å². The molecule has 0 saturated heterocycles. The molecule has 5 nitrogen and oxygen atoms in total. The van der Waals surface area contributed by atoms with E-state index in [9.17, 15) is 9.90 Å². The van der Waals surface area contributed by atoms with Crippen LogP contribution in [0.2, 0.25) is 0 Å². The number of nitrogens with zero attached hydrogens (tertiary/aromatic N) is 2. The molecule has 0 bridgehead atoms. The number of aryl methyl sites for hydroxylation is 1. The third kappa shape index (κ3) is 2.93. The highest BCUT2D eigenvalue weighted by atomic mass is 32.2. The first-order valence-electron chi connectivity index (χ1n) is 6.55. The smallest absolute Gasteiger partial charge is 0.323 e. The highest BCUT2D eigenvalue weighted by Gasteiger charge is 2.48. The monoisotopic (exact) mass is 299 g/mol. The molecule has 3 rings (SSSR count). The predicted octanol–water partition coefficient (Wildman–Crippen LogP) is 2.07. The summed E-state index contributed by atoms with van der Waals surface area (Å²) in [5, 5.41) is 22.3. The number of rotatable bonds is 5. The van der Waals surface area contributed by atoms with Gasteiger partial charge in [-0.1, -0.05) is 23.1 Å². The van der Waals surface area contributed by atoms with E-state index in [2.05, 4.69) is 15.5 Å². The van der Waals surface area contributed by atoms with Gasteiger partial charge < -0.3 is 5.11 Å². The lowest BCUT2D eigenvalue weighted by Gasteiger charge is -2.25. The summed E-state index contributed by atoms with van der Waals surface area (Å²) < 4.78 is 0.954. The number of carbonyl (C=O) groups is 1. The maximum absolute atomic E-state index is 11.6. The number of nitrogens with one attached hydrogen (secondary N) is 1. The standard InChI is InChI=1S/C12H17N3O2S2/c1-7-14-15-11(18-7)19-9-4-5-12(6-9,10(16)17)13-8-2-3-8/h8-9,13H,2-6H2,1H3,(H,16,17). The van der Waals surface area contributed by atoms with Gasteiger partial charge in [-0.3, -0.25) is 10.1 Å². The molecule has 2 N–H and O–H groups in total. The summed E-state index contributed by atoms with van der Waals surface area (Å²) >= 11 is 3.26. The van der Waals surface area contributed by atoms with E-state index in [1.54, 1.807) is 23.1 Å². The van der Waals surface area contributed by atoms with Gasteiger partial charge in [-0.05, 0) is 39.0 Å². The molecule has 0 spiro atoms. The van der Waals surface area contributed by atoms with Crippen molar-refractivity contribution in [2.24, 2.45) is 0 Å². The topological polar surface area (TPSA) is 75.1 Å². The second-order valence-electron chi connectivity index (χ2n) is 5.38. The highest BCUT2D eigenvalue weighted by Crippen LogP contribution is 2.42. The summed E-state index contributed by atoms with van der Waals surface area (Å²) in [7, 11) is 0. The van der Waals surface area contributed by atoms with Crippen LogP contribution in [0.5, 0.6) is 0 Å². The van der Waals surface area contributed by atoms with E-state index in [0.29, 0.717) is 24.1 Å². The fourth-order valence-electron chi connectivity index (χ4n) is 2.57. The highest BCUT2D eigenvalue weighted by molar-refractivity contribution is 8.01. The van der Waals surface area contributed by atoms with Gasteiger partial charge in [0.25, 0.3) is 0 Å². The molecule has 1 aromatic rings. The quantitative estimate of drug-likeness (QED) is 0.867. The van der Waals surface area contributed by atoms with Crippen LogP contribution in [0.15, 0.2) is 4.34 Å². The van der Waals surface area contributed by atoms with E-state index in [4.69, 9.17) is 0 Å². The predicted molar refractivity (Wildman–Crippen MR) is 74.7 cm³/mol. The van der Waals surface area contributed by atoms with E-state index < -0.39 is 11.5 Å². The van der Waals surface area contributed by atoms with Crippen molar-refractivity contribution in [3.63, 3.8) is 0 Å². The summed E-state index contributed by atoms with van der Waals surface area (Å²) in [6, 6.07) is 0.420. The van der Waals surface area contributed by atoms with Crippen LogP contribution in [0.4, 0.5) is 0 Å². The van der Waals surface area contributed by atoms with Gasteiger partial charge in [0.1, 0.15) is 10.5 Å². The lowest BCUT2D eigenvalue weighted by molar-refractivity contribution is -0.144. The summed E-state index contributed by atoms with van der Waals surface area (Å²) in [5.74, 6) is -0.698. The van der Waals surface area contributed by atoms with E-state index in [-0.39, 0.29) is 0 Å². The van der Waals surface area contributed by atoms with Crippen LogP contribution in [0.1, 0.15) is 37.1 Å². The Morgan fingerprint density at radius 2 is 2.26 bits per heavy atom. The number of aromatic nitrogens is 2. The lowest BCUT2D eigenvalue weighted by Crippen LogP contribution is -2.51. The second-order valence-corrected chi connectivity index (χ2v) is 8.10. The molecule has 2 saturated carbocycles.